The molecular weight excluding hydrogens is 546 g/mol. The van der Waals surface area contributed by atoms with Crippen LogP contribution in [0.25, 0.3) is 6.20 Å². The molecule has 2 aromatic rings. The molecular formula is C33H45N5O5. The van der Waals surface area contributed by atoms with Crippen molar-refractivity contribution in [2.45, 2.75) is 89.8 Å². The van der Waals surface area contributed by atoms with Gasteiger partial charge in [-0.15, -0.1) is 0 Å². The fourth-order valence-electron chi connectivity index (χ4n) is 7.38. The van der Waals surface area contributed by atoms with Crippen LogP contribution in [0.3, 0.4) is 0 Å². The Kier molecular flexibility index (Phi) is 8.85. The summed E-state index contributed by atoms with van der Waals surface area (Å²) in [4.78, 5) is 38.0. The summed E-state index contributed by atoms with van der Waals surface area (Å²) in [5.41, 5.74) is 5.75. The monoisotopic (exact) mass is 591 g/mol. The highest BCUT2D eigenvalue weighted by Crippen LogP contribution is 2.57. The molecule has 1 heterocycles. The summed E-state index contributed by atoms with van der Waals surface area (Å²) in [6.07, 6.45) is 9.77. The second-order valence-electron chi connectivity index (χ2n) is 13.7. The van der Waals surface area contributed by atoms with Crippen LogP contribution in [-0.2, 0) is 16.0 Å². The maximum absolute atomic E-state index is 13.7. The molecule has 0 radical (unpaired) electrons. The van der Waals surface area contributed by atoms with Crippen molar-refractivity contribution in [1.82, 2.24) is 20.4 Å². The van der Waals surface area contributed by atoms with E-state index in [0.29, 0.717) is 36.8 Å². The van der Waals surface area contributed by atoms with Gasteiger partial charge in [0.1, 0.15) is 11.2 Å². The third-order valence-corrected chi connectivity index (χ3v) is 8.96. The fraction of sp³-hybridized carbons (Fsp3) is 0.576. The minimum atomic E-state index is -0.718. The molecule has 43 heavy (non-hydrogen) atoms. The van der Waals surface area contributed by atoms with E-state index >= 15 is 0 Å². The first-order valence-electron chi connectivity index (χ1n) is 15.5. The number of amides is 3. The zero-order chi connectivity index (χ0) is 30.8. The van der Waals surface area contributed by atoms with Crippen molar-refractivity contribution in [1.29, 1.82) is 0 Å². The van der Waals surface area contributed by atoms with E-state index in [2.05, 4.69) is 15.7 Å². The number of nitrogens with two attached hydrogens (primary N) is 1. The van der Waals surface area contributed by atoms with Gasteiger partial charge in [0.15, 0.2) is 0 Å². The van der Waals surface area contributed by atoms with Crippen molar-refractivity contribution in [3.05, 3.63) is 53.7 Å². The van der Waals surface area contributed by atoms with Crippen LogP contribution in [0.2, 0.25) is 0 Å². The Morgan fingerprint density at radius 1 is 1.14 bits per heavy atom. The molecule has 4 aliphatic carbocycles. The Labute approximate surface area is 253 Å². The molecule has 0 saturated heterocycles. The summed E-state index contributed by atoms with van der Waals surface area (Å²) >= 11 is 0. The van der Waals surface area contributed by atoms with Gasteiger partial charge in [-0.2, -0.15) is 5.10 Å². The lowest BCUT2D eigenvalue weighted by atomic mass is 9.52. The zero-order valence-electron chi connectivity index (χ0n) is 25.7. The predicted molar refractivity (Wildman–Crippen MR) is 163 cm³/mol. The van der Waals surface area contributed by atoms with Gasteiger partial charge < -0.3 is 25.8 Å². The first-order chi connectivity index (χ1) is 20.4. The Morgan fingerprint density at radius 2 is 1.84 bits per heavy atom. The molecule has 1 aromatic carbocycles. The topological polar surface area (TPSA) is 138 Å². The summed E-state index contributed by atoms with van der Waals surface area (Å²) in [5, 5.41) is 10.8. The molecule has 2 atom stereocenters. The first kappa shape index (κ1) is 30.6. The van der Waals surface area contributed by atoms with Crippen molar-refractivity contribution in [2.75, 3.05) is 6.61 Å². The maximum atomic E-state index is 13.7. The number of carbonyl (C=O) groups is 3. The number of carbonyl (C=O) groups excluding carboxylic acids is 3. The molecule has 4 saturated carbocycles. The van der Waals surface area contributed by atoms with Gasteiger partial charge in [-0.25, -0.2) is 9.48 Å². The number of benzene rings is 1. The zero-order valence-corrected chi connectivity index (χ0v) is 25.7. The predicted octanol–water partition coefficient (Wildman–Crippen LogP) is 4.69. The third-order valence-electron chi connectivity index (χ3n) is 8.96. The number of primary amides is 1. The van der Waals surface area contributed by atoms with Crippen molar-refractivity contribution < 1.29 is 23.9 Å². The highest BCUT2D eigenvalue weighted by molar-refractivity contribution is 5.96. The number of aromatic nitrogens is 2. The minimum Gasteiger partial charge on any atom is -0.477 e. The van der Waals surface area contributed by atoms with Gasteiger partial charge in [0.25, 0.3) is 5.91 Å². The molecule has 0 spiro atoms. The van der Waals surface area contributed by atoms with Gasteiger partial charge >= 0.3 is 6.09 Å². The molecule has 4 bridgehead atoms. The average Bonchev–Trinajstić information content (AvgIpc) is 3.34. The van der Waals surface area contributed by atoms with E-state index in [1.165, 1.54) is 6.20 Å². The lowest BCUT2D eigenvalue weighted by Gasteiger charge is -2.58. The van der Waals surface area contributed by atoms with Crippen LogP contribution in [0, 0.1) is 23.7 Å². The van der Waals surface area contributed by atoms with Crippen LogP contribution in [0.4, 0.5) is 4.79 Å². The van der Waals surface area contributed by atoms with Crippen LogP contribution in [-0.4, -0.2) is 51.5 Å². The molecule has 4 aliphatic rings. The molecule has 6 rings (SSSR count). The summed E-state index contributed by atoms with van der Waals surface area (Å²) in [6.45, 7) is 8.34. The van der Waals surface area contributed by atoms with Crippen molar-refractivity contribution in [3.8, 4) is 5.88 Å². The normalized spacial score (nSPS) is 26.1. The number of aryl methyl sites for hydroxylation is 1. The van der Waals surface area contributed by atoms with E-state index in [0.717, 1.165) is 37.7 Å². The highest BCUT2D eigenvalue weighted by atomic mass is 16.6. The van der Waals surface area contributed by atoms with Crippen LogP contribution in [0.1, 0.15) is 82.1 Å². The van der Waals surface area contributed by atoms with Crippen LogP contribution in [0.15, 0.2) is 42.6 Å². The van der Waals surface area contributed by atoms with E-state index < -0.39 is 17.2 Å². The van der Waals surface area contributed by atoms with E-state index in [1.54, 1.807) is 10.9 Å². The lowest BCUT2D eigenvalue weighted by molar-refractivity contribution is -0.137. The lowest BCUT2D eigenvalue weighted by Crippen LogP contribution is -2.63. The van der Waals surface area contributed by atoms with Crippen LogP contribution < -0.4 is 21.1 Å². The minimum absolute atomic E-state index is 0.00414. The van der Waals surface area contributed by atoms with Crippen molar-refractivity contribution in [2.24, 2.45) is 29.4 Å². The number of ether oxygens (including phenoxy) is 2. The number of nitrogens with zero attached hydrogens (tertiary/aromatic N) is 2. The van der Waals surface area contributed by atoms with Gasteiger partial charge in [-0.1, -0.05) is 44.2 Å². The molecule has 10 nitrogen and oxygen atoms in total. The van der Waals surface area contributed by atoms with E-state index in [-0.39, 0.29) is 35.6 Å². The van der Waals surface area contributed by atoms with E-state index in [1.807, 2.05) is 64.1 Å². The Bertz CT molecular complexity index is 1330. The highest BCUT2D eigenvalue weighted by Gasteiger charge is 2.57. The third kappa shape index (κ3) is 7.40. The van der Waals surface area contributed by atoms with Gasteiger partial charge in [-0.3, -0.25) is 9.59 Å². The van der Waals surface area contributed by atoms with E-state index in [9.17, 15) is 14.4 Å². The van der Waals surface area contributed by atoms with Crippen LogP contribution in [0.5, 0.6) is 5.88 Å². The van der Waals surface area contributed by atoms with Gasteiger partial charge in [-0.05, 0) is 87.7 Å². The van der Waals surface area contributed by atoms with Crippen molar-refractivity contribution >= 4 is 24.1 Å². The molecule has 10 heteroatoms. The number of rotatable bonds is 12. The second kappa shape index (κ2) is 12.4. The van der Waals surface area contributed by atoms with Gasteiger partial charge in [0, 0.05) is 18.7 Å². The fourth-order valence-corrected chi connectivity index (χ4v) is 7.38. The van der Waals surface area contributed by atoms with Gasteiger partial charge in [0.05, 0.1) is 18.3 Å². The smallest absolute Gasteiger partial charge is 0.405 e. The number of hydrogen-bond acceptors (Lipinski definition) is 6. The molecule has 4 fully saturated rings. The Morgan fingerprint density at radius 3 is 2.49 bits per heavy atom. The molecule has 232 valence electrons. The average molecular weight is 592 g/mol. The summed E-state index contributed by atoms with van der Waals surface area (Å²) < 4.78 is 13.3. The summed E-state index contributed by atoms with van der Waals surface area (Å²) in [7, 11) is 0. The Hall–Kier alpha value is -3.82. The van der Waals surface area contributed by atoms with Crippen molar-refractivity contribution in [3.63, 3.8) is 0 Å². The SMILES string of the molecule is CC(C)COc1c(C(=O)N[C@H]2C3CC4CC2C[C@](OC(N)=O)(C4)C3)cnn1/C=C/C(C)(C)NC(=O)CCc1ccccc1. The molecule has 3 amide bonds. The largest absolute Gasteiger partial charge is 0.477 e. The number of hydrogen-bond donors (Lipinski definition) is 3. The van der Waals surface area contributed by atoms with Crippen LogP contribution >= 0.6 is 0 Å². The summed E-state index contributed by atoms with van der Waals surface area (Å²) in [5.74, 6) is 1.29. The van der Waals surface area contributed by atoms with E-state index in [4.69, 9.17) is 15.2 Å². The molecule has 2 unspecified atom stereocenters. The first-order valence-corrected chi connectivity index (χ1v) is 15.5. The maximum Gasteiger partial charge on any atom is 0.405 e. The second-order valence-corrected chi connectivity index (χ2v) is 13.7. The molecule has 0 aliphatic heterocycles. The molecule has 4 N–H and O–H groups in total. The quantitative estimate of drug-likeness (QED) is 0.328. The Balaban J connectivity index is 1.26. The summed E-state index contributed by atoms with van der Waals surface area (Å²) in [6, 6.07) is 9.92. The van der Waals surface area contributed by atoms with Gasteiger partial charge in [0.2, 0.25) is 11.8 Å². The standard InChI is InChI=1S/C33H45N5O5/c1-21(2)20-42-30-26(29(40)36-28-24-14-23-15-25(28)18-33(16-23,17-24)43-31(34)41)19-35-38(30)13-12-32(3,4)37-27(39)11-10-22-8-6-5-7-9-22/h5-9,12-13,19,21,23-25,28H,10-11,14-18,20H2,1-4H3,(H2,34,41)(H,36,40)(H,37,39)/b13-12+/t23?,24?,25?,28-,33-. The molecule has 1 aromatic heterocycles. The number of nitrogens with one attached hydrogen (secondary N) is 2.